The Morgan fingerprint density at radius 3 is 2.37 bits per heavy atom. The van der Waals surface area contributed by atoms with Crippen LogP contribution in [0.25, 0.3) is 11.1 Å². The summed E-state index contributed by atoms with van der Waals surface area (Å²) >= 11 is 3.60. The van der Waals surface area contributed by atoms with Crippen molar-refractivity contribution in [2.75, 3.05) is 6.54 Å². The predicted molar refractivity (Wildman–Crippen MR) is 86.3 cm³/mol. The second-order valence-electron chi connectivity index (χ2n) is 4.78. The largest absolute Gasteiger partial charge is 0.310 e. The van der Waals surface area contributed by atoms with E-state index in [-0.39, 0.29) is 0 Å². The standard InChI is InChI=1S/C17H20BrN/c1-3-12-19-13(2)14-8-10-15(11-9-14)16-6-4-5-7-17(16)18/h4-11,13,19H,3,12H2,1-2H3. The van der Waals surface area contributed by atoms with Gasteiger partial charge in [-0.2, -0.15) is 0 Å². The molecule has 19 heavy (non-hydrogen) atoms. The molecule has 1 N–H and O–H groups in total. The average Bonchev–Trinajstić information content (AvgIpc) is 2.45. The zero-order valence-electron chi connectivity index (χ0n) is 11.5. The highest BCUT2D eigenvalue weighted by molar-refractivity contribution is 9.10. The Morgan fingerprint density at radius 1 is 1.05 bits per heavy atom. The second kappa shape index (κ2) is 6.88. The summed E-state index contributed by atoms with van der Waals surface area (Å²) in [6, 6.07) is 17.5. The van der Waals surface area contributed by atoms with Crippen LogP contribution in [0.3, 0.4) is 0 Å². The first-order valence-electron chi connectivity index (χ1n) is 6.80. The normalized spacial score (nSPS) is 12.4. The third-order valence-corrected chi connectivity index (χ3v) is 3.99. The van der Waals surface area contributed by atoms with Gasteiger partial charge in [0.25, 0.3) is 0 Å². The van der Waals surface area contributed by atoms with E-state index < -0.39 is 0 Å². The summed E-state index contributed by atoms with van der Waals surface area (Å²) < 4.78 is 1.14. The number of nitrogens with one attached hydrogen (secondary N) is 1. The first-order chi connectivity index (χ1) is 9.22. The first-order valence-corrected chi connectivity index (χ1v) is 7.60. The van der Waals surface area contributed by atoms with Gasteiger partial charge in [-0.1, -0.05) is 65.3 Å². The maximum Gasteiger partial charge on any atom is 0.0291 e. The molecule has 2 heteroatoms. The van der Waals surface area contributed by atoms with Gasteiger partial charge in [0.15, 0.2) is 0 Å². The Labute approximate surface area is 124 Å². The molecule has 0 spiro atoms. The SMILES string of the molecule is CCCNC(C)c1ccc(-c2ccccc2Br)cc1. The van der Waals surface area contributed by atoms with Crippen molar-refractivity contribution in [2.45, 2.75) is 26.3 Å². The summed E-state index contributed by atoms with van der Waals surface area (Å²) in [5.74, 6) is 0. The van der Waals surface area contributed by atoms with Crippen LogP contribution < -0.4 is 5.32 Å². The van der Waals surface area contributed by atoms with Crippen LogP contribution in [0.5, 0.6) is 0 Å². The molecule has 0 radical (unpaired) electrons. The Morgan fingerprint density at radius 2 is 1.74 bits per heavy atom. The Hall–Kier alpha value is -1.12. The zero-order chi connectivity index (χ0) is 13.7. The van der Waals surface area contributed by atoms with E-state index in [0.717, 1.165) is 11.0 Å². The third kappa shape index (κ3) is 3.68. The molecule has 1 atom stereocenters. The molecule has 0 fully saturated rings. The van der Waals surface area contributed by atoms with Crippen LogP contribution in [-0.4, -0.2) is 6.54 Å². The maximum atomic E-state index is 3.60. The monoisotopic (exact) mass is 317 g/mol. The van der Waals surface area contributed by atoms with Gasteiger partial charge in [-0.25, -0.2) is 0 Å². The number of rotatable bonds is 5. The highest BCUT2D eigenvalue weighted by Gasteiger charge is 2.06. The minimum Gasteiger partial charge on any atom is -0.310 e. The van der Waals surface area contributed by atoms with E-state index in [9.17, 15) is 0 Å². The van der Waals surface area contributed by atoms with E-state index in [4.69, 9.17) is 0 Å². The molecule has 0 aromatic heterocycles. The van der Waals surface area contributed by atoms with Crippen molar-refractivity contribution in [3.8, 4) is 11.1 Å². The quantitative estimate of drug-likeness (QED) is 0.801. The van der Waals surface area contributed by atoms with Gasteiger partial charge >= 0.3 is 0 Å². The number of benzene rings is 2. The molecule has 100 valence electrons. The third-order valence-electron chi connectivity index (χ3n) is 3.30. The molecule has 0 saturated heterocycles. The van der Waals surface area contributed by atoms with Crippen LogP contribution in [0.1, 0.15) is 31.9 Å². The Bertz CT molecular complexity index is 519. The topological polar surface area (TPSA) is 12.0 Å². The van der Waals surface area contributed by atoms with Crippen LogP contribution in [0.4, 0.5) is 0 Å². The molecular formula is C17H20BrN. The lowest BCUT2D eigenvalue weighted by Crippen LogP contribution is -2.19. The van der Waals surface area contributed by atoms with E-state index in [2.05, 4.69) is 77.6 Å². The van der Waals surface area contributed by atoms with Crippen LogP contribution >= 0.6 is 15.9 Å². The Kier molecular flexibility index (Phi) is 5.17. The van der Waals surface area contributed by atoms with Crippen molar-refractivity contribution in [3.05, 3.63) is 58.6 Å². The lowest BCUT2D eigenvalue weighted by atomic mass is 10.0. The van der Waals surface area contributed by atoms with E-state index in [1.165, 1.54) is 23.1 Å². The maximum absolute atomic E-state index is 3.60. The van der Waals surface area contributed by atoms with E-state index in [1.807, 2.05) is 6.07 Å². The molecule has 0 amide bonds. The molecule has 1 unspecified atom stereocenters. The predicted octanol–water partition coefficient (Wildman–Crippen LogP) is 5.18. The number of hydrogen-bond acceptors (Lipinski definition) is 1. The fourth-order valence-electron chi connectivity index (χ4n) is 2.13. The van der Waals surface area contributed by atoms with Crippen molar-refractivity contribution < 1.29 is 0 Å². The van der Waals surface area contributed by atoms with Crippen LogP contribution in [0.2, 0.25) is 0 Å². The number of hydrogen-bond donors (Lipinski definition) is 1. The summed E-state index contributed by atoms with van der Waals surface area (Å²) in [6.45, 7) is 5.46. The highest BCUT2D eigenvalue weighted by Crippen LogP contribution is 2.28. The van der Waals surface area contributed by atoms with Crippen molar-refractivity contribution in [3.63, 3.8) is 0 Å². The molecule has 2 aromatic carbocycles. The van der Waals surface area contributed by atoms with Gasteiger partial charge < -0.3 is 5.32 Å². The summed E-state index contributed by atoms with van der Waals surface area (Å²) in [5, 5.41) is 3.51. The van der Waals surface area contributed by atoms with Crippen molar-refractivity contribution in [1.82, 2.24) is 5.32 Å². The van der Waals surface area contributed by atoms with Crippen molar-refractivity contribution in [1.29, 1.82) is 0 Å². The van der Waals surface area contributed by atoms with Crippen LogP contribution in [-0.2, 0) is 0 Å². The summed E-state index contributed by atoms with van der Waals surface area (Å²) in [7, 11) is 0. The molecule has 0 saturated carbocycles. The minimum atomic E-state index is 0.410. The molecule has 0 aliphatic heterocycles. The minimum absolute atomic E-state index is 0.410. The average molecular weight is 318 g/mol. The summed E-state index contributed by atoms with van der Waals surface area (Å²) in [6.07, 6.45) is 1.17. The molecule has 0 aliphatic carbocycles. The molecule has 0 bridgehead atoms. The van der Waals surface area contributed by atoms with Crippen molar-refractivity contribution >= 4 is 15.9 Å². The lowest BCUT2D eigenvalue weighted by molar-refractivity contribution is 0.571. The summed E-state index contributed by atoms with van der Waals surface area (Å²) in [4.78, 5) is 0. The molecule has 0 heterocycles. The van der Waals surface area contributed by atoms with E-state index in [0.29, 0.717) is 6.04 Å². The van der Waals surface area contributed by atoms with Gasteiger partial charge in [-0.05, 0) is 42.6 Å². The fourth-order valence-corrected chi connectivity index (χ4v) is 2.64. The Balaban J connectivity index is 2.17. The lowest BCUT2D eigenvalue weighted by Gasteiger charge is -2.14. The van der Waals surface area contributed by atoms with E-state index in [1.54, 1.807) is 0 Å². The van der Waals surface area contributed by atoms with Gasteiger partial charge in [-0.15, -0.1) is 0 Å². The molecular weight excluding hydrogens is 298 g/mol. The van der Waals surface area contributed by atoms with Crippen LogP contribution in [0, 0.1) is 0 Å². The summed E-state index contributed by atoms with van der Waals surface area (Å²) in [5.41, 5.74) is 3.83. The smallest absolute Gasteiger partial charge is 0.0291 e. The van der Waals surface area contributed by atoms with E-state index >= 15 is 0 Å². The first kappa shape index (κ1) is 14.3. The van der Waals surface area contributed by atoms with Gasteiger partial charge in [0, 0.05) is 10.5 Å². The highest BCUT2D eigenvalue weighted by atomic mass is 79.9. The second-order valence-corrected chi connectivity index (χ2v) is 5.63. The van der Waals surface area contributed by atoms with Gasteiger partial charge in [-0.3, -0.25) is 0 Å². The van der Waals surface area contributed by atoms with Gasteiger partial charge in [0.1, 0.15) is 0 Å². The zero-order valence-corrected chi connectivity index (χ0v) is 13.1. The van der Waals surface area contributed by atoms with Gasteiger partial charge in [0.2, 0.25) is 0 Å². The number of halogens is 1. The molecule has 2 rings (SSSR count). The molecule has 0 aliphatic rings. The van der Waals surface area contributed by atoms with Crippen LogP contribution in [0.15, 0.2) is 53.0 Å². The van der Waals surface area contributed by atoms with Crippen molar-refractivity contribution in [2.24, 2.45) is 0 Å². The van der Waals surface area contributed by atoms with Gasteiger partial charge in [0.05, 0.1) is 0 Å². The fraction of sp³-hybridized carbons (Fsp3) is 0.294. The molecule has 2 aromatic rings. The molecule has 1 nitrogen and oxygen atoms in total.